The molecule has 0 aliphatic heterocycles. The Morgan fingerprint density at radius 3 is 2.56 bits per heavy atom. The lowest BCUT2D eigenvalue weighted by Gasteiger charge is -2.18. The number of amides is 2. The molecule has 2 aromatic carbocycles. The van der Waals surface area contributed by atoms with E-state index in [0.29, 0.717) is 22.8 Å². The Morgan fingerprint density at radius 2 is 1.76 bits per heavy atom. The number of nitrogens with zero attached hydrogens (tertiary/aromatic N) is 1. The van der Waals surface area contributed by atoms with Crippen molar-refractivity contribution >= 4 is 44.7 Å². The number of para-hydroxylation sites is 1. The second-order valence-corrected chi connectivity index (χ2v) is 9.64. The highest BCUT2D eigenvalue weighted by Gasteiger charge is 2.22. The molecular formula is C26H21N3O3S2. The van der Waals surface area contributed by atoms with Crippen LogP contribution in [0.5, 0.6) is 0 Å². The fourth-order valence-electron chi connectivity index (χ4n) is 3.56. The highest BCUT2D eigenvalue weighted by molar-refractivity contribution is 7.21. The van der Waals surface area contributed by atoms with Gasteiger partial charge in [-0.1, -0.05) is 48.5 Å². The van der Waals surface area contributed by atoms with Crippen LogP contribution in [0.1, 0.15) is 21.0 Å². The van der Waals surface area contributed by atoms with Gasteiger partial charge in [0.15, 0.2) is 10.8 Å². The minimum atomic E-state index is -0.712. The van der Waals surface area contributed by atoms with Gasteiger partial charge in [-0.25, -0.2) is 4.98 Å². The molecule has 0 spiro atoms. The Morgan fingerprint density at radius 1 is 0.941 bits per heavy atom. The predicted molar refractivity (Wildman–Crippen MR) is 135 cm³/mol. The summed E-state index contributed by atoms with van der Waals surface area (Å²) in [6.45, 7) is 0.212. The number of hydrogen-bond acceptors (Lipinski definition) is 6. The van der Waals surface area contributed by atoms with Crippen molar-refractivity contribution < 1.29 is 14.0 Å². The summed E-state index contributed by atoms with van der Waals surface area (Å²) in [7, 11) is 0. The van der Waals surface area contributed by atoms with E-state index < -0.39 is 6.04 Å². The quantitative estimate of drug-likeness (QED) is 0.312. The van der Waals surface area contributed by atoms with E-state index in [-0.39, 0.29) is 18.4 Å². The minimum absolute atomic E-state index is 0.212. The van der Waals surface area contributed by atoms with Gasteiger partial charge in [-0.3, -0.25) is 9.59 Å². The van der Waals surface area contributed by atoms with E-state index in [1.807, 2.05) is 78.2 Å². The van der Waals surface area contributed by atoms with Gasteiger partial charge in [0.05, 0.1) is 21.6 Å². The Labute approximate surface area is 204 Å². The minimum Gasteiger partial charge on any atom is -0.457 e. The van der Waals surface area contributed by atoms with Crippen molar-refractivity contribution in [3.05, 3.63) is 100 Å². The number of thiazole rings is 1. The molecule has 0 radical (unpaired) electrons. The van der Waals surface area contributed by atoms with Crippen LogP contribution in [0.15, 0.2) is 88.7 Å². The topological polar surface area (TPSA) is 84.2 Å². The van der Waals surface area contributed by atoms with Crippen molar-refractivity contribution in [1.29, 1.82) is 0 Å². The highest BCUT2D eigenvalue weighted by Crippen LogP contribution is 2.31. The third kappa shape index (κ3) is 5.08. The van der Waals surface area contributed by atoms with Crippen LogP contribution in [0.3, 0.4) is 0 Å². The first-order valence-corrected chi connectivity index (χ1v) is 12.5. The van der Waals surface area contributed by atoms with E-state index in [4.69, 9.17) is 4.42 Å². The fraction of sp³-hybridized carbons (Fsp3) is 0.115. The number of furan rings is 1. The lowest BCUT2D eigenvalue weighted by atomic mass is 10.1. The molecule has 0 fully saturated rings. The smallest absolute Gasteiger partial charge is 0.262 e. The van der Waals surface area contributed by atoms with Crippen LogP contribution in [0.25, 0.3) is 21.0 Å². The molecule has 3 heterocycles. The normalized spacial score (nSPS) is 11.9. The summed E-state index contributed by atoms with van der Waals surface area (Å²) >= 11 is 2.90. The van der Waals surface area contributed by atoms with Crippen LogP contribution >= 0.6 is 22.7 Å². The lowest BCUT2D eigenvalue weighted by molar-refractivity contribution is -0.123. The molecule has 5 aromatic rings. The van der Waals surface area contributed by atoms with E-state index >= 15 is 0 Å². The second kappa shape index (κ2) is 10.0. The zero-order chi connectivity index (χ0) is 23.3. The SMILES string of the molecule is O=C(NC(Cc1ccccc1)C(=O)NCc1ccc(-c2nc3ccccc3s2)o1)c1cccs1. The molecule has 5 rings (SSSR count). The summed E-state index contributed by atoms with van der Waals surface area (Å²) in [5.41, 5.74) is 1.89. The second-order valence-electron chi connectivity index (χ2n) is 7.66. The van der Waals surface area contributed by atoms with Gasteiger partial charge in [-0.05, 0) is 41.3 Å². The number of carbonyl (C=O) groups excluding carboxylic acids is 2. The molecule has 1 unspecified atom stereocenters. The van der Waals surface area contributed by atoms with E-state index in [1.165, 1.54) is 11.3 Å². The molecule has 3 aromatic heterocycles. The van der Waals surface area contributed by atoms with Crippen LogP contribution in [-0.4, -0.2) is 22.8 Å². The average molecular weight is 488 g/mol. The summed E-state index contributed by atoms with van der Waals surface area (Å²) in [6.07, 6.45) is 0.388. The number of fused-ring (bicyclic) bond motifs is 1. The largest absolute Gasteiger partial charge is 0.457 e. The summed E-state index contributed by atoms with van der Waals surface area (Å²) in [4.78, 5) is 30.8. The molecule has 6 nitrogen and oxygen atoms in total. The lowest BCUT2D eigenvalue weighted by Crippen LogP contribution is -2.47. The molecular weight excluding hydrogens is 466 g/mol. The Hall–Kier alpha value is -3.75. The Kier molecular flexibility index (Phi) is 6.51. The predicted octanol–water partition coefficient (Wildman–Crippen LogP) is 5.28. The number of nitrogens with one attached hydrogen (secondary N) is 2. The molecule has 0 aliphatic rings. The van der Waals surface area contributed by atoms with Gasteiger partial charge in [0.2, 0.25) is 5.91 Å². The molecule has 170 valence electrons. The van der Waals surface area contributed by atoms with Crippen molar-refractivity contribution in [1.82, 2.24) is 15.6 Å². The van der Waals surface area contributed by atoms with Gasteiger partial charge in [0.25, 0.3) is 5.91 Å². The highest BCUT2D eigenvalue weighted by atomic mass is 32.1. The molecule has 0 bridgehead atoms. The third-order valence-electron chi connectivity index (χ3n) is 5.25. The average Bonchev–Trinajstić information content (AvgIpc) is 3.63. The maximum atomic E-state index is 13.0. The molecule has 0 saturated carbocycles. The van der Waals surface area contributed by atoms with Gasteiger partial charge in [-0.15, -0.1) is 22.7 Å². The maximum Gasteiger partial charge on any atom is 0.262 e. The molecule has 0 aliphatic carbocycles. The summed E-state index contributed by atoms with van der Waals surface area (Å²) in [5, 5.41) is 8.40. The number of thiophene rings is 1. The Balaban J connectivity index is 1.27. The standard InChI is InChI=1S/C26H21N3O3S2/c30-24(20(15-17-7-2-1-3-8-17)28-25(31)23-11-6-14-33-23)27-16-18-12-13-21(32-18)26-29-19-9-4-5-10-22(19)34-26/h1-14,20H,15-16H2,(H,27,30)(H,28,31). The zero-order valence-electron chi connectivity index (χ0n) is 18.1. The van der Waals surface area contributed by atoms with Crippen LogP contribution in [0.4, 0.5) is 0 Å². The van der Waals surface area contributed by atoms with Crippen molar-refractivity contribution in [2.75, 3.05) is 0 Å². The van der Waals surface area contributed by atoms with Gasteiger partial charge in [0.1, 0.15) is 11.8 Å². The van der Waals surface area contributed by atoms with E-state index in [0.717, 1.165) is 20.8 Å². The van der Waals surface area contributed by atoms with Crippen molar-refractivity contribution in [2.45, 2.75) is 19.0 Å². The van der Waals surface area contributed by atoms with Crippen LogP contribution in [0.2, 0.25) is 0 Å². The summed E-state index contributed by atoms with van der Waals surface area (Å²) in [6, 6.07) is 24.1. The first kappa shape index (κ1) is 22.1. The monoisotopic (exact) mass is 487 g/mol. The molecule has 0 saturated heterocycles. The zero-order valence-corrected chi connectivity index (χ0v) is 19.7. The van der Waals surface area contributed by atoms with Crippen molar-refractivity contribution in [3.63, 3.8) is 0 Å². The van der Waals surface area contributed by atoms with Gasteiger partial charge < -0.3 is 15.1 Å². The number of hydrogen-bond donors (Lipinski definition) is 2. The van der Waals surface area contributed by atoms with Crippen LogP contribution in [-0.2, 0) is 17.8 Å². The summed E-state index contributed by atoms with van der Waals surface area (Å²) < 4.78 is 7.03. The van der Waals surface area contributed by atoms with Gasteiger partial charge in [0, 0.05) is 6.42 Å². The Bertz CT molecular complexity index is 1370. The van der Waals surface area contributed by atoms with E-state index in [2.05, 4.69) is 15.6 Å². The summed E-state index contributed by atoms with van der Waals surface area (Å²) in [5.74, 6) is 0.747. The van der Waals surface area contributed by atoms with Crippen LogP contribution < -0.4 is 10.6 Å². The van der Waals surface area contributed by atoms with Crippen molar-refractivity contribution in [2.24, 2.45) is 0 Å². The number of aromatic nitrogens is 1. The van der Waals surface area contributed by atoms with Crippen molar-refractivity contribution in [3.8, 4) is 10.8 Å². The number of rotatable bonds is 8. The van der Waals surface area contributed by atoms with E-state index in [1.54, 1.807) is 17.4 Å². The maximum absolute atomic E-state index is 13.0. The molecule has 8 heteroatoms. The number of carbonyl (C=O) groups is 2. The van der Waals surface area contributed by atoms with E-state index in [9.17, 15) is 9.59 Å². The first-order chi connectivity index (χ1) is 16.7. The third-order valence-corrected chi connectivity index (χ3v) is 7.17. The molecule has 34 heavy (non-hydrogen) atoms. The molecule has 2 N–H and O–H groups in total. The first-order valence-electron chi connectivity index (χ1n) is 10.8. The van der Waals surface area contributed by atoms with Gasteiger partial charge in [-0.2, -0.15) is 0 Å². The van der Waals surface area contributed by atoms with Gasteiger partial charge >= 0.3 is 0 Å². The molecule has 1 atom stereocenters. The molecule has 2 amide bonds. The number of benzene rings is 2. The fourth-order valence-corrected chi connectivity index (χ4v) is 5.11. The van der Waals surface area contributed by atoms with Crippen LogP contribution in [0, 0.1) is 0 Å².